The Bertz CT molecular complexity index is 995. The number of ether oxygens (including phenoxy) is 2. The van der Waals surface area contributed by atoms with E-state index < -0.39 is 11.9 Å². The van der Waals surface area contributed by atoms with Gasteiger partial charge in [-0.1, -0.05) is 31.4 Å². The smallest absolute Gasteiger partial charge is 0.287 e. The van der Waals surface area contributed by atoms with Gasteiger partial charge < -0.3 is 29.4 Å². The number of nitrogens with zero attached hydrogens (tertiary/aromatic N) is 1. The van der Waals surface area contributed by atoms with Crippen LogP contribution in [-0.2, 0) is 14.3 Å². The zero-order valence-corrected chi connectivity index (χ0v) is 20.7. The van der Waals surface area contributed by atoms with Crippen molar-refractivity contribution in [1.29, 1.82) is 0 Å². The lowest BCUT2D eigenvalue weighted by molar-refractivity contribution is -0.142. The van der Waals surface area contributed by atoms with Crippen LogP contribution in [0.4, 0.5) is 0 Å². The molecule has 1 aliphatic carbocycles. The predicted octanol–water partition coefficient (Wildman–Crippen LogP) is 3.22. The van der Waals surface area contributed by atoms with E-state index in [2.05, 4.69) is 10.6 Å². The van der Waals surface area contributed by atoms with E-state index in [4.69, 9.17) is 13.9 Å². The fraction of sp³-hybridized carbons (Fsp3) is 0.519. The van der Waals surface area contributed by atoms with E-state index in [1.165, 1.54) is 18.8 Å². The van der Waals surface area contributed by atoms with Gasteiger partial charge in [0.2, 0.25) is 11.8 Å². The summed E-state index contributed by atoms with van der Waals surface area (Å²) in [6.07, 6.45) is 8.14. The van der Waals surface area contributed by atoms with Crippen molar-refractivity contribution in [2.45, 2.75) is 63.1 Å². The molecule has 2 N–H and O–H groups in total. The standard InChI is InChI=1S/C27H35N3O6/c1-34-21-13-11-19(12-14-21)25(27(33)29-20-7-3-2-4-8-20)30(18-22-9-5-15-35-22)24(31)17-28-26(32)23-10-6-16-36-23/h6,10-14,16,20,22,25H,2-5,7-9,15,17-18H2,1H3,(H,28,32)(H,29,33)/t22-,25+/m0/s1. The second-order valence-corrected chi connectivity index (χ2v) is 9.36. The van der Waals surface area contributed by atoms with Crippen LogP contribution < -0.4 is 15.4 Å². The SMILES string of the molecule is COc1ccc([C@H](C(=O)NC2CCCCC2)N(C[C@@H]2CCCO2)C(=O)CNC(=O)c2ccco2)cc1. The topological polar surface area (TPSA) is 110 Å². The van der Waals surface area contributed by atoms with E-state index in [1.807, 2.05) is 0 Å². The summed E-state index contributed by atoms with van der Waals surface area (Å²) < 4.78 is 16.2. The first-order valence-electron chi connectivity index (χ1n) is 12.7. The molecule has 2 heterocycles. The number of furan rings is 1. The van der Waals surface area contributed by atoms with E-state index in [9.17, 15) is 14.4 Å². The number of nitrogens with one attached hydrogen (secondary N) is 2. The van der Waals surface area contributed by atoms with Crippen LogP contribution in [0.2, 0.25) is 0 Å². The van der Waals surface area contributed by atoms with Gasteiger partial charge in [0.05, 0.1) is 26.0 Å². The highest BCUT2D eigenvalue weighted by Crippen LogP contribution is 2.27. The molecule has 0 unspecified atom stereocenters. The van der Waals surface area contributed by atoms with Crippen molar-refractivity contribution < 1.29 is 28.3 Å². The molecule has 2 atom stereocenters. The molecular weight excluding hydrogens is 462 g/mol. The second kappa shape index (κ2) is 12.6. The van der Waals surface area contributed by atoms with Crippen molar-refractivity contribution in [2.24, 2.45) is 0 Å². The zero-order valence-electron chi connectivity index (χ0n) is 20.7. The Morgan fingerprint density at radius 3 is 2.47 bits per heavy atom. The molecule has 0 radical (unpaired) electrons. The number of rotatable bonds is 10. The molecule has 2 fully saturated rings. The maximum Gasteiger partial charge on any atom is 0.287 e. The molecule has 4 rings (SSSR count). The van der Waals surface area contributed by atoms with E-state index in [-0.39, 0.29) is 42.8 Å². The summed E-state index contributed by atoms with van der Waals surface area (Å²) >= 11 is 0. The first kappa shape index (κ1) is 25.8. The molecule has 2 aromatic rings. The Labute approximate surface area is 211 Å². The number of carbonyl (C=O) groups is 3. The third-order valence-electron chi connectivity index (χ3n) is 6.83. The normalized spacial score (nSPS) is 18.9. The van der Waals surface area contributed by atoms with E-state index in [1.54, 1.807) is 42.3 Å². The van der Waals surface area contributed by atoms with E-state index >= 15 is 0 Å². The fourth-order valence-corrected chi connectivity index (χ4v) is 4.90. The third-order valence-corrected chi connectivity index (χ3v) is 6.83. The number of methoxy groups -OCH3 is 1. The molecule has 1 saturated heterocycles. The summed E-state index contributed by atoms with van der Waals surface area (Å²) in [4.78, 5) is 41.2. The number of amides is 3. The lowest BCUT2D eigenvalue weighted by atomic mass is 9.94. The Morgan fingerprint density at radius 2 is 1.83 bits per heavy atom. The molecule has 0 bridgehead atoms. The molecule has 0 spiro atoms. The van der Waals surface area contributed by atoms with Crippen LogP contribution in [0, 0.1) is 0 Å². The molecule has 3 amide bonds. The van der Waals surface area contributed by atoms with Crippen molar-refractivity contribution >= 4 is 17.7 Å². The lowest BCUT2D eigenvalue weighted by Crippen LogP contribution is -2.51. The Balaban J connectivity index is 1.58. The lowest BCUT2D eigenvalue weighted by Gasteiger charge is -2.34. The molecule has 36 heavy (non-hydrogen) atoms. The highest BCUT2D eigenvalue weighted by molar-refractivity contribution is 5.95. The average molecular weight is 498 g/mol. The summed E-state index contributed by atoms with van der Waals surface area (Å²) in [7, 11) is 1.58. The van der Waals surface area contributed by atoms with Crippen LogP contribution in [0.1, 0.15) is 67.1 Å². The zero-order chi connectivity index (χ0) is 25.3. The number of hydrogen-bond acceptors (Lipinski definition) is 6. The van der Waals surface area contributed by atoms with E-state index in [0.717, 1.165) is 38.5 Å². The minimum atomic E-state index is -0.866. The molecule has 9 nitrogen and oxygen atoms in total. The van der Waals surface area contributed by atoms with Crippen molar-refractivity contribution in [3.8, 4) is 5.75 Å². The fourth-order valence-electron chi connectivity index (χ4n) is 4.90. The van der Waals surface area contributed by atoms with E-state index in [0.29, 0.717) is 17.9 Å². The quantitative estimate of drug-likeness (QED) is 0.522. The molecule has 2 aliphatic rings. The second-order valence-electron chi connectivity index (χ2n) is 9.36. The van der Waals surface area contributed by atoms with Crippen molar-refractivity contribution in [2.75, 3.05) is 26.8 Å². The highest BCUT2D eigenvalue weighted by Gasteiger charge is 2.35. The number of hydrogen-bond donors (Lipinski definition) is 2. The molecule has 1 aliphatic heterocycles. The summed E-state index contributed by atoms with van der Waals surface area (Å²) in [5.74, 6) is -0.304. The van der Waals surface area contributed by atoms with Gasteiger partial charge in [0, 0.05) is 19.2 Å². The van der Waals surface area contributed by atoms with Gasteiger partial charge in [0.15, 0.2) is 5.76 Å². The van der Waals surface area contributed by atoms with Gasteiger partial charge in [-0.05, 0) is 55.5 Å². The molecular formula is C27H35N3O6. The first-order valence-corrected chi connectivity index (χ1v) is 12.7. The number of carbonyl (C=O) groups excluding carboxylic acids is 3. The Morgan fingerprint density at radius 1 is 1.06 bits per heavy atom. The summed E-state index contributed by atoms with van der Waals surface area (Å²) in [6, 6.07) is 9.54. The molecule has 1 saturated carbocycles. The van der Waals surface area contributed by atoms with Gasteiger partial charge in [-0.15, -0.1) is 0 Å². The van der Waals surface area contributed by atoms with Crippen molar-refractivity contribution in [3.05, 3.63) is 54.0 Å². The summed E-state index contributed by atoms with van der Waals surface area (Å²) in [5, 5.41) is 5.80. The predicted molar refractivity (Wildman–Crippen MR) is 132 cm³/mol. The first-order chi connectivity index (χ1) is 17.5. The van der Waals surface area contributed by atoms with Gasteiger partial charge >= 0.3 is 0 Å². The maximum atomic E-state index is 13.7. The molecule has 9 heteroatoms. The molecule has 194 valence electrons. The van der Waals surface area contributed by atoms with Gasteiger partial charge in [0.1, 0.15) is 11.8 Å². The summed E-state index contributed by atoms with van der Waals surface area (Å²) in [6.45, 7) is 0.614. The molecule has 1 aromatic carbocycles. The van der Waals surface area contributed by atoms with Crippen LogP contribution in [0.5, 0.6) is 5.75 Å². The maximum absolute atomic E-state index is 13.7. The number of benzene rings is 1. The highest BCUT2D eigenvalue weighted by atomic mass is 16.5. The van der Waals surface area contributed by atoms with Crippen molar-refractivity contribution in [3.63, 3.8) is 0 Å². The monoisotopic (exact) mass is 497 g/mol. The van der Waals surface area contributed by atoms with Gasteiger partial charge in [-0.2, -0.15) is 0 Å². The largest absolute Gasteiger partial charge is 0.497 e. The van der Waals surface area contributed by atoms with Crippen LogP contribution in [0.25, 0.3) is 0 Å². The van der Waals surface area contributed by atoms with Crippen LogP contribution >= 0.6 is 0 Å². The van der Waals surface area contributed by atoms with Crippen molar-refractivity contribution in [1.82, 2.24) is 15.5 Å². The Kier molecular flexibility index (Phi) is 9.00. The molecule has 1 aromatic heterocycles. The minimum absolute atomic E-state index is 0.0883. The van der Waals surface area contributed by atoms with Crippen LogP contribution in [0.15, 0.2) is 47.1 Å². The minimum Gasteiger partial charge on any atom is -0.497 e. The van der Waals surface area contributed by atoms with Crippen LogP contribution in [-0.4, -0.2) is 61.6 Å². The average Bonchev–Trinajstić information content (AvgIpc) is 3.62. The van der Waals surface area contributed by atoms with Gasteiger partial charge in [-0.25, -0.2) is 0 Å². The summed E-state index contributed by atoms with van der Waals surface area (Å²) in [5.41, 5.74) is 0.674. The Hall–Kier alpha value is -3.33. The van der Waals surface area contributed by atoms with Gasteiger partial charge in [-0.3, -0.25) is 14.4 Å². The van der Waals surface area contributed by atoms with Gasteiger partial charge in [0.25, 0.3) is 5.91 Å². The third kappa shape index (κ3) is 6.66. The van der Waals surface area contributed by atoms with Crippen LogP contribution in [0.3, 0.4) is 0 Å².